The standard InChI is InChI=1S/C15H21NO2/c16-14(6-3-7-15(17)18)13-9-8-11-4-1-2-5-12(11)10-13/h8-10,14H,1-7,16H2,(H,17,18)/t14-/m1/s1. The summed E-state index contributed by atoms with van der Waals surface area (Å²) < 4.78 is 0. The predicted octanol–water partition coefficient (Wildman–Crippen LogP) is 0.769. The molecule has 98 valence electrons. The molecule has 2 rings (SSSR count). The number of aliphatic carboxylic acids is 1. The van der Waals surface area contributed by atoms with E-state index in [-0.39, 0.29) is 12.5 Å². The second-order valence-electron chi connectivity index (χ2n) is 5.20. The minimum Gasteiger partial charge on any atom is -0.550 e. The van der Waals surface area contributed by atoms with Crippen molar-refractivity contribution in [3.8, 4) is 0 Å². The molecule has 0 amide bonds. The van der Waals surface area contributed by atoms with Crippen LogP contribution >= 0.6 is 0 Å². The molecule has 1 aliphatic rings. The van der Waals surface area contributed by atoms with Crippen molar-refractivity contribution in [2.45, 2.75) is 51.0 Å². The van der Waals surface area contributed by atoms with Crippen molar-refractivity contribution in [1.82, 2.24) is 0 Å². The van der Waals surface area contributed by atoms with Gasteiger partial charge in [-0.25, -0.2) is 0 Å². The van der Waals surface area contributed by atoms with Crippen molar-refractivity contribution in [2.24, 2.45) is 0 Å². The minimum atomic E-state index is -0.965. The Kier molecular flexibility index (Phi) is 4.37. The van der Waals surface area contributed by atoms with Crippen LogP contribution in [0.25, 0.3) is 0 Å². The van der Waals surface area contributed by atoms with E-state index in [2.05, 4.69) is 23.9 Å². The third-order valence-corrected chi connectivity index (χ3v) is 3.78. The number of carboxylic acid groups (broad SMARTS) is 1. The molecule has 3 N–H and O–H groups in total. The maximum Gasteiger partial charge on any atom is 0.110 e. The highest BCUT2D eigenvalue weighted by molar-refractivity contribution is 5.64. The van der Waals surface area contributed by atoms with E-state index in [1.807, 2.05) is 0 Å². The Labute approximate surface area is 108 Å². The summed E-state index contributed by atoms with van der Waals surface area (Å²) in [6.07, 6.45) is 6.54. The van der Waals surface area contributed by atoms with Gasteiger partial charge in [0.2, 0.25) is 0 Å². The van der Waals surface area contributed by atoms with Gasteiger partial charge < -0.3 is 15.6 Å². The first-order valence-corrected chi connectivity index (χ1v) is 6.81. The molecule has 1 atom stereocenters. The van der Waals surface area contributed by atoms with Crippen LogP contribution < -0.4 is 10.8 Å². The maximum absolute atomic E-state index is 10.4. The molecule has 0 radical (unpaired) electrons. The van der Waals surface area contributed by atoms with Crippen molar-refractivity contribution in [1.29, 1.82) is 0 Å². The van der Waals surface area contributed by atoms with Crippen molar-refractivity contribution in [3.63, 3.8) is 0 Å². The molecule has 0 unspecified atom stereocenters. The van der Waals surface area contributed by atoms with Crippen LogP contribution in [0.2, 0.25) is 0 Å². The number of carbonyl (C=O) groups excluding carboxylic acids is 1. The summed E-state index contributed by atoms with van der Waals surface area (Å²) in [5, 5.41) is 10.4. The highest BCUT2D eigenvalue weighted by Gasteiger charge is 2.14. The zero-order valence-corrected chi connectivity index (χ0v) is 10.8. The molecule has 0 aliphatic heterocycles. The third-order valence-electron chi connectivity index (χ3n) is 3.78. The van der Waals surface area contributed by atoms with Crippen LogP contribution in [0.1, 0.15) is 54.8 Å². The van der Waals surface area contributed by atoms with E-state index in [9.17, 15) is 9.90 Å². The van der Waals surface area contributed by atoms with Gasteiger partial charge in [-0.05, 0) is 55.7 Å². The zero-order chi connectivity index (χ0) is 13.0. The van der Waals surface area contributed by atoms with E-state index in [1.54, 1.807) is 0 Å². The molecule has 1 aliphatic carbocycles. The van der Waals surface area contributed by atoms with Gasteiger partial charge in [0, 0.05) is 18.0 Å². The first-order chi connectivity index (χ1) is 8.66. The number of rotatable bonds is 5. The number of benzene rings is 1. The first kappa shape index (κ1) is 13.1. The fraction of sp³-hybridized carbons (Fsp3) is 0.533. The topological polar surface area (TPSA) is 67.8 Å². The predicted molar refractivity (Wildman–Crippen MR) is 67.6 cm³/mol. The van der Waals surface area contributed by atoms with Gasteiger partial charge in [-0.2, -0.15) is 0 Å². The van der Waals surface area contributed by atoms with Gasteiger partial charge in [0.1, 0.15) is 6.04 Å². The van der Waals surface area contributed by atoms with Gasteiger partial charge in [0.05, 0.1) is 0 Å². The summed E-state index contributed by atoms with van der Waals surface area (Å²) in [6.45, 7) is 0. The van der Waals surface area contributed by atoms with Crippen LogP contribution in [0.5, 0.6) is 0 Å². The SMILES string of the molecule is [NH3+][C@H](CCCC(=O)[O-])c1ccc2c(c1)CCCC2. The average Bonchev–Trinajstić information content (AvgIpc) is 2.37. The summed E-state index contributed by atoms with van der Waals surface area (Å²) in [5.74, 6) is -0.965. The summed E-state index contributed by atoms with van der Waals surface area (Å²) in [5.41, 5.74) is 8.33. The van der Waals surface area contributed by atoms with E-state index in [0.29, 0.717) is 6.42 Å². The Hall–Kier alpha value is -1.35. The highest BCUT2D eigenvalue weighted by Crippen LogP contribution is 2.25. The molecule has 3 nitrogen and oxygen atoms in total. The van der Waals surface area contributed by atoms with Crippen LogP contribution in [0.3, 0.4) is 0 Å². The lowest BCUT2D eigenvalue weighted by molar-refractivity contribution is -0.428. The fourth-order valence-electron chi connectivity index (χ4n) is 2.67. The number of carboxylic acids is 1. The van der Waals surface area contributed by atoms with Crippen LogP contribution in [-0.2, 0) is 17.6 Å². The lowest BCUT2D eigenvalue weighted by Crippen LogP contribution is -2.53. The number of hydrogen-bond donors (Lipinski definition) is 1. The molecule has 18 heavy (non-hydrogen) atoms. The van der Waals surface area contributed by atoms with E-state index in [4.69, 9.17) is 0 Å². The van der Waals surface area contributed by atoms with Crippen molar-refractivity contribution in [3.05, 3.63) is 34.9 Å². The lowest BCUT2D eigenvalue weighted by Gasteiger charge is -2.18. The zero-order valence-electron chi connectivity index (χ0n) is 10.8. The van der Waals surface area contributed by atoms with Crippen molar-refractivity contribution < 1.29 is 15.6 Å². The fourth-order valence-corrected chi connectivity index (χ4v) is 2.67. The lowest BCUT2D eigenvalue weighted by atomic mass is 9.88. The normalized spacial score (nSPS) is 16.1. The van der Waals surface area contributed by atoms with Gasteiger partial charge in [0.25, 0.3) is 0 Å². The van der Waals surface area contributed by atoms with Gasteiger partial charge in [-0.3, -0.25) is 0 Å². The summed E-state index contributed by atoms with van der Waals surface area (Å²) >= 11 is 0. The number of quaternary nitrogens is 1. The van der Waals surface area contributed by atoms with E-state index in [0.717, 1.165) is 6.42 Å². The third kappa shape index (κ3) is 3.33. The summed E-state index contributed by atoms with van der Waals surface area (Å²) in [6, 6.07) is 6.84. The Morgan fingerprint density at radius 3 is 2.72 bits per heavy atom. The quantitative estimate of drug-likeness (QED) is 0.835. The molecule has 0 heterocycles. The molecule has 0 aromatic heterocycles. The second-order valence-corrected chi connectivity index (χ2v) is 5.20. The number of aryl methyl sites for hydroxylation is 2. The smallest absolute Gasteiger partial charge is 0.110 e. The second kappa shape index (κ2) is 6.01. The van der Waals surface area contributed by atoms with Gasteiger partial charge in [-0.15, -0.1) is 0 Å². The Bertz CT molecular complexity index is 429. The molecular formula is C15H21NO2. The molecular weight excluding hydrogens is 226 g/mol. The van der Waals surface area contributed by atoms with Crippen LogP contribution in [0.15, 0.2) is 18.2 Å². The molecule has 3 heteroatoms. The number of hydrogen-bond acceptors (Lipinski definition) is 2. The molecule has 1 aromatic rings. The van der Waals surface area contributed by atoms with Crippen LogP contribution in [0, 0.1) is 0 Å². The maximum atomic E-state index is 10.4. The Morgan fingerprint density at radius 2 is 2.00 bits per heavy atom. The van der Waals surface area contributed by atoms with Gasteiger partial charge in [0.15, 0.2) is 0 Å². The molecule has 0 saturated heterocycles. The van der Waals surface area contributed by atoms with Crippen LogP contribution in [-0.4, -0.2) is 5.97 Å². The summed E-state index contributed by atoms with van der Waals surface area (Å²) in [4.78, 5) is 10.4. The largest absolute Gasteiger partial charge is 0.550 e. The van der Waals surface area contributed by atoms with Crippen molar-refractivity contribution >= 4 is 5.97 Å². The minimum absolute atomic E-state index is 0.136. The average molecular weight is 247 g/mol. The highest BCUT2D eigenvalue weighted by atomic mass is 16.4. The summed E-state index contributed by atoms with van der Waals surface area (Å²) in [7, 11) is 0. The van der Waals surface area contributed by atoms with E-state index < -0.39 is 5.97 Å². The molecule has 0 fully saturated rings. The Morgan fingerprint density at radius 1 is 1.28 bits per heavy atom. The van der Waals surface area contributed by atoms with Crippen LogP contribution in [0.4, 0.5) is 0 Å². The molecule has 0 bridgehead atoms. The molecule has 0 saturated carbocycles. The monoisotopic (exact) mass is 247 g/mol. The number of fused-ring (bicyclic) bond motifs is 1. The molecule has 0 spiro atoms. The number of carbonyl (C=O) groups is 1. The van der Waals surface area contributed by atoms with Crippen molar-refractivity contribution in [2.75, 3.05) is 0 Å². The molecule has 1 aromatic carbocycles. The van der Waals surface area contributed by atoms with Gasteiger partial charge in [-0.1, -0.05) is 12.1 Å². The van der Waals surface area contributed by atoms with E-state index >= 15 is 0 Å². The first-order valence-electron chi connectivity index (χ1n) is 6.81. The van der Waals surface area contributed by atoms with Gasteiger partial charge >= 0.3 is 0 Å². The van der Waals surface area contributed by atoms with E-state index in [1.165, 1.54) is 42.4 Å². The Balaban J connectivity index is 1.97.